The SMILES string of the molecule is CC(OC(=O)c1ccc(Cl)cc1[N+](=O)[O-])C(=O)Nc1cccc(Cl)c1. The van der Waals surface area contributed by atoms with Crippen molar-refractivity contribution in [2.75, 3.05) is 5.32 Å². The van der Waals surface area contributed by atoms with E-state index in [1.54, 1.807) is 18.2 Å². The number of hydrogen-bond acceptors (Lipinski definition) is 5. The molecule has 1 amide bonds. The second-order valence-electron chi connectivity index (χ2n) is 4.97. The zero-order valence-corrected chi connectivity index (χ0v) is 14.4. The molecule has 0 fully saturated rings. The number of hydrogen-bond donors (Lipinski definition) is 1. The van der Waals surface area contributed by atoms with Gasteiger partial charge in [-0.1, -0.05) is 29.3 Å². The number of nitrogens with zero attached hydrogens (tertiary/aromatic N) is 1. The fourth-order valence-electron chi connectivity index (χ4n) is 1.92. The van der Waals surface area contributed by atoms with Crippen molar-refractivity contribution in [1.29, 1.82) is 0 Å². The number of halogens is 2. The summed E-state index contributed by atoms with van der Waals surface area (Å²) in [5.41, 5.74) is -0.366. The first-order valence-corrected chi connectivity index (χ1v) is 7.75. The Hall–Kier alpha value is -2.64. The van der Waals surface area contributed by atoms with Gasteiger partial charge in [-0.15, -0.1) is 0 Å². The van der Waals surface area contributed by atoms with Gasteiger partial charge in [-0.25, -0.2) is 4.79 Å². The van der Waals surface area contributed by atoms with Crippen molar-refractivity contribution < 1.29 is 19.2 Å². The molecule has 1 atom stereocenters. The van der Waals surface area contributed by atoms with Crippen LogP contribution < -0.4 is 5.32 Å². The molecule has 2 aromatic carbocycles. The topological polar surface area (TPSA) is 98.5 Å². The first-order valence-electron chi connectivity index (χ1n) is 6.99. The minimum absolute atomic E-state index is 0.106. The lowest BCUT2D eigenvalue weighted by Crippen LogP contribution is -2.30. The summed E-state index contributed by atoms with van der Waals surface area (Å²) in [5, 5.41) is 14.1. The van der Waals surface area contributed by atoms with Crippen molar-refractivity contribution >= 4 is 46.5 Å². The molecule has 0 aliphatic heterocycles. The molecule has 25 heavy (non-hydrogen) atoms. The van der Waals surface area contributed by atoms with Crippen LogP contribution in [0.15, 0.2) is 42.5 Å². The number of carbonyl (C=O) groups is 2. The Bertz CT molecular complexity index is 841. The zero-order valence-electron chi connectivity index (χ0n) is 12.9. The number of ether oxygens (including phenoxy) is 1. The number of anilines is 1. The van der Waals surface area contributed by atoms with Crippen molar-refractivity contribution in [2.45, 2.75) is 13.0 Å². The molecule has 0 radical (unpaired) electrons. The lowest BCUT2D eigenvalue weighted by atomic mass is 10.2. The van der Waals surface area contributed by atoms with Gasteiger partial charge in [-0.3, -0.25) is 14.9 Å². The van der Waals surface area contributed by atoms with E-state index in [2.05, 4.69) is 5.32 Å². The molecule has 9 heteroatoms. The van der Waals surface area contributed by atoms with Crippen LogP contribution in [0.1, 0.15) is 17.3 Å². The summed E-state index contributed by atoms with van der Waals surface area (Å²) in [7, 11) is 0. The van der Waals surface area contributed by atoms with Crippen LogP contribution in [0.3, 0.4) is 0 Å². The average molecular weight is 383 g/mol. The van der Waals surface area contributed by atoms with E-state index < -0.39 is 28.6 Å². The van der Waals surface area contributed by atoms with Crippen LogP contribution in [0.25, 0.3) is 0 Å². The highest BCUT2D eigenvalue weighted by molar-refractivity contribution is 6.31. The molecule has 0 spiro atoms. The van der Waals surface area contributed by atoms with Gasteiger partial charge >= 0.3 is 5.97 Å². The molecular formula is C16H12Cl2N2O5. The van der Waals surface area contributed by atoms with Crippen molar-refractivity contribution in [3.05, 3.63) is 68.2 Å². The van der Waals surface area contributed by atoms with E-state index in [1.165, 1.54) is 25.1 Å². The van der Waals surface area contributed by atoms with E-state index in [1.807, 2.05) is 0 Å². The van der Waals surface area contributed by atoms with Gasteiger partial charge in [-0.05, 0) is 37.3 Å². The smallest absolute Gasteiger partial charge is 0.345 e. The van der Waals surface area contributed by atoms with E-state index >= 15 is 0 Å². The summed E-state index contributed by atoms with van der Waals surface area (Å²) in [5.74, 6) is -1.61. The molecule has 1 unspecified atom stereocenters. The number of rotatable bonds is 5. The normalized spacial score (nSPS) is 11.5. The number of carbonyl (C=O) groups excluding carboxylic acids is 2. The Kier molecular flexibility index (Phi) is 5.95. The van der Waals surface area contributed by atoms with Crippen LogP contribution in [-0.2, 0) is 9.53 Å². The molecule has 130 valence electrons. The predicted octanol–water partition coefficient (Wildman–Crippen LogP) is 4.09. The molecular weight excluding hydrogens is 371 g/mol. The Balaban J connectivity index is 2.09. The van der Waals surface area contributed by atoms with Gasteiger partial charge in [0, 0.05) is 21.8 Å². The van der Waals surface area contributed by atoms with Crippen LogP contribution in [0, 0.1) is 10.1 Å². The Morgan fingerprint density at radius 1 is 1.16 bits per heavy atom. The highest BCUT2D eigenvalue weighted by Crippen LogP contribution is 2.24. The Morgan fingerprint density at radius 3 is 2.48 bits per heavy atom. The maximum Gasteiger partial charge on any atom is 0.345 e. The number of nitro groups is 1. The monoisotopic (exact) mass is 382 g/mol. The van der Waals surface area contributed by atoms with E-state index in [0.717, 1.165) is 6.07 Å². The zero-order chi connectivity index (χ0) is 18.6. The predicted molar refractivity (Wildman–Crippen MR) is 93.1 cm³/mol. The highest BCUT2D eigenvalue weighted by Gasteiger charge is 2.25. The average Bonchev–Trinajstić information content (AvgIpc) is 2.54. The standard InChI is InChI=1S/C16H12Cl2N2O5/c1-9(15(21)19-12-4-2-3-10(17)7-12)25-16(22)13-6-5-11(18)8-14(13)20(23)24/h2-9H,1H3,(H,19,21). The number of esters is 1. The molecule has 7 nitrogen and oxygen atoms in total. The maximum absolute atomic E-state index is 12.1. The number of benzene rings is 2. The quantitative estimate of drug-likeness (QED) is 0.477. The summed E-state index contributed by atoms with van der Waals surface area (Å²) < 4.78 is 5.00. The summed E-state index contributed by atoms with van der Waals surface area (Å²) in [4.78, 5) is 34.5. The van der Waals surface area contributed by atoms with Crippen molar-refractivity contribution in [2.24, 2.45) is 0 Å². The molecule has 0 saturated carbocycles. The van der Waals surface area contributed by atoms with Gasteiger partial charge in [0.1, 0.15) is 5.56 Å². The molecule has 0 bridgehead atoms. The van der Waals surface area contributed by atoms with Crippen molar-refractivity contribution in [1.82, 2.24) is 0 Å². The van der Waals surface area contributed by atoms with Gasteiger partial charge in [0.25, 0.3) is 11.6 Å². The van der Waals surface area contributed by atoms with Gasteiger partial charge in [0.2, 0.25) is 0 Å². The lowest BCUT2D eigenvalue weighted by Gasteiger charge is -2.13. The lowest BCUT2D eigenvalue weighted by molar-refractivity contribution is -0.385. The van der Waals surface area contributed by atoms with Gasteiger partial charge in [0.05, 0.1) is 4.92 Å². The molecule has 0 aliphatic rings. The van der Waals surface area contributed by atoms with Crippen LogP contribution in [0.5, 0.6) is 0 Å². The summed E-state index contributed by atoms with van der Waals surface area (Å²) in [6.07, 6.45) is -1.18. The van der Waals surface area contributed by atoms with E-state index in [0.29, 0.717) is 10.7 Å². The largest absolute Gasteiger partial charge is 0.449 e. The Morgan fingerprint density at radius 2 is 1.84 bits per heavy atom. The second-order valence-corrected chi connectivity index (χ2v) is 5.84. The number of nitro benzene ring substituents is 1. The van der Waals surface area contributed by atoms with E-state index in [-0.39, 0.29) is 10.6 Å². The van der Waals surface area contributed by atoms with Gasteiger partial charge in [-0.2, -0.15) is 0 Å². The van der Waals surface area contributed by atoms with Crippen molar-refractivity contribution in [3.63, 3.8) is 0 Å². The fraction of sp³-hybridized carbons (Fsp3) is 0.125. The van der Waals surface area contributed by atoms with Crippen molar-refractivity contribution in [3.8, 4) is 0 Å². The molecule has 2 rings (SSSR count). The molecule has 0 saturated heterocycles. The molecule has 0 aliphatic carbocycles. The number of nitrogens with one attached hydrogen (secondary N) is 1. The highest BCUT2D eigenvalue weighted by atomic mass is 35.5. The summed E-state index contributed by atoms with van der Waals surface area (Å²) in [6.45, 7) is 1.35. The van der Waals surface area contributed by atoms with E-state index in [4.69, 9.17) is 27.9 Å². The maximum atomic E-state index is 12.1. The van der Waals surface area contributed by atoms with Crippen LogP contribution in [0.4, 0.5) is 11.4 Å². The third kappa shape index (κ3) is 4.91. The third-order valence-electron chi connectivity index (χ3n) is 3.12. The molecule has 2 aromatic rings. The molecule has 0 heterocycles. The van der Waals surface area contributed by atoms with Crippen LogP contribution in [-0.4, -0.2) is 22.9 Å². The molecule has 1 N–H and O–H groups in total. The summed E-state index contributed by atoms with van der Waals surface area (Å²) in [6, 6.07) is 9.95. The minimum atomic E-state index is -1.18. The first-order chi connectivity index (χ1) is 11.8. The Labute approximate surface area is 152 Å². The van der Waals surface area contributed by atoms with Crippen LogP contribution in [0.2, 0.25) is 10.0 Å². The number of amides is 1. The van der Waals surface area contributed by atoms with Gasteiger partial charge in [0.15, 0.2) is 6.10 Å². The molecule has 0 aromatic heterocycles. The second kappa shape index (κ2) is 7.96. The van der Waals surface area contributed by atoms with E-state index in [9.17, 15) is 19.7 Å². The first kappa shape index (κ1) is 18.7. The summed E-state index contributed by atoms with van der Waals surface area (Å²) >= 11 is 11.5. The third-order valence-corrected chi connectivity index (χ3v) is 3.59. The minimum Gasteiger partial charge on any atom is -0.449 e. The van der Waals surface area contributed by atoms with Gasteiger partial charge < -0.3 is 10.1 Å². The fourth-order valence-corrected chi connectivity index (χ4v) is 2.27. The van der Waals surface area contributed by atoms with Crippen LogP contribution >= 0.6 is 23.2 Å².